The normalized spacial score (nSPS) is 12.1. The van der Waals surface area contributed by atoms with E-state index in [0.717, 1.165) is 23.2 Å². The summed E-state index contributed by atoms with van der Waals surface area (Å²) in [6.07, 6.45) is 0.770. The summed E-state index contributed by atoms with van der Waals surface area (Å²) >= 11 is 0. The fraction of sp³-hybridized carbons (Fsp3) is 0.192. The summed E-state index contributed by atoms with van der Waals surface area (Å²) < 4.78 is 4.96. The molecule has 0 radical (unpaired) electrons. The molecule has 1 heterocycles. The molecular formula is C26H25N3O4. The third-order valence-electron chi connectivity index (χ3n) is 5.44. The summed E-state index contributed by atoms with van der Waals surface area (Å²) in [4.78, 5) is 39.0. The molecule has 0 aliphatic carbocycles. The van der Waals surface area contributed by atoms with Crippen LogP contribution in [0.25, 0.3) is 0 Å². The SMILES string of the molecule is CCOC(=O)c1ccc(NC(=O)Nc2ccc3c(c2)N(C(=O)c2ccc(C)cc2)CC3)cc1. The van der Waals surface area contributed by atoms with E-state index < -0.39 is 12.0 Å². The Hall–Kier alpha value is -4.13. The van der Waals surface area contributed by atoms with Gasteiger partial charge in [0.2, 0.25) is 0 Å². The lowest BCUT2D eigenvalue weighted by molar-refractivity contribution is 0.0526. The molecule has 3 amide bonds. The standard InChI is InChI=1S/C26H25N3O4/c1-3-33-25(31)20-9-11-21(12-10-20)27-26(32)28-22-13-8-18-14-15-29(23(18)16-22)24(30)19-6-4-17(2)5-7-19/h4-13,16H,3,14-15H2,1-2H3,(H2,27,28,32). The molecule has 0 aromatic heterocycles. The second-order valence-electron chi connectivity index (χ2n) is 7.79. The van der Waals surface area contributed by atoms with E-state index in [1.54, 1.807) is 36.1 Å². The smallest absolute Gasteiger partial charge is 0.338 e. The predicted octanol–water partition coefficient (Wildman–Crippen LogP) is 5.02. The number of aryl methyl sites for hydroxylation is 1. The molecule has 0 bridgehead atoms. The highest BCUT2D eigenvalue weighted by Crippen LogP contribution is 2.32. The number of urea groups is 1. The Morgan fingerprint density at radius 3 is 2.21 bits per heavy atom. The zero-order valence-electron chi connectivity index (χ0n) is 18.6. The summed E-state index contributed by atoms with van der Waals surface area (Å²) in [5.74, 6) is -0.464. The fourth-order valence-electron chi connectivity index (χ4n) is 3.72. The van der Waals surface area contributed by atoms with E-state index in [4.69, 9.17) is 4.74 Å². The Bertz CT molecular complexity index is 1190. The van der Waals surface area contributed by atoms with Crippen molar-refractivity contribution in [1.29, 1.82) is 0 Å². The molecule has 1 aliphatic rings. The number of hydrogen-bond donors (Lipinski definition) is 2. The van der Waals surface area contributed by atoms with Gasteiger partial charge >= 0.3 is 12.0 Å². The summed E-state index contributed by atoms with van der Waals surface area (Å²) in [5, 5.41) is 5.54. The van der Waals surface area contributed by atoms with E-state index in [1.165, 1.54) is 0 Å². The highest BCUT2D eigenvalue weighted by Gasteiger charge is 2.26. The summed E-state index contributed by atoms with van der Waals surface area (Å²) in [6.45, 7) is 4.63. The molecule has 0 saturated carbocycles. The highest BCUT2D eigenvalue weighted by atomic mass is 16.5. The third kappa shape index (κ3) is 5.03. The van der Waals surface area contributed by atoms with Crippen LogP contribution >= 0.6 is 0 Å². The van der Waals surface area contributed by atoms with Gasteiger partial charge in [0.1, 0.15) is 0 Å². The van der Waals surface area contributed by atoms with Crippen molar-refractivity contribution >= 4 is 35.0 Å². The minimum Gasteiger partial charge on any atom is -0.462 e. The predicted molar refractivity (Wildman–Crippen MR) is 128 cm³/mol. The maximum Gasteiger partial charge on any atom is 0.338 e. The van der Waals surface area contributed by atoms with Gasteiger partial charge in [-0.3, -0.25) is 4.79 Å². The Morgan fingerprint density at radius 1 is 0.879 bits per heavy atom. The highest BCUT2D eigenvalue weighted by molar-refractivity contribution is 6.08. The molecule has 7 nitrogen and oxygen atoms in total. The van der Waals surface area contributed by atoms with Gasteiger partial charge in [-0.05, 0) is 74.4 Å². The van der Waals surface area contributed by atoms with Gasteiger partial charge in [-0.1, -0.05) is 23.8 Å². The molecule has 0 saturated heterocycles. The van der Waals surface area contributed by atoms with Crippen molar-refractivity contribution in [2.75, 3.05) is 28.7 Å². The van der Waals surface area contributed by atoms with Gasteiger partial charge in [0.25, 0.3) is 5.91 Å². The number of rotatable bonds is 5. The van der Waals surface area contributed by atoms with Crippen LogP contribution in [0.15, 0.2) is 66.7 Å². The molecule has 1 aliphatic heterocycles. The average molecular weight is 444 g/mol. The van der Waals surface area contributed by atoms with Crippen molar-refractivity contribution < 1.29 is 19.1 Å². The van der Waals surface area contributed by atoms with Crippen LogP contribution in [0.1, 0.15) is 38.8 Å². The van der Waals surface area contributed by atoms with Crippen LogP contribution in [0.4, 0.5) is 21.9 Å². The molecule has 3 aromatic rings. The van der Waals surface area contributed by atoms with Crippen molar-refractivity contribution in [2.45, 2.75) is 20.3 Å². The second-order valence-corrected chi connectivity index (χ2v) is 7.79. The number of esters is 1. The Labute approximate surface area is 192 Å². The molecule has 0 atom stereocenters. The quantitative estimate of drug-likeness (QED) is 0.542. The maximum atomic E-state index is 13.0. The van der Waals surface area contributed by atoms with Crippen LogP contribution in [-0.4, -0.2) is 31.1 Å². The lowest BCUT2D eigenvalue weighted by atomic mass is 10.1. The van der Waals surface area contributed by atoms with Crippen molar-refractivity contribution in [2.24, 2.45) is 0 Å². The number of benzene rings is 3. The first-order chi connectivity index (χ1) is 15.9. The molecule has 2 N–H and O–H groups in total. The molecule has 0 fully saturated rings. The molecular weight excluding hydrogens is 418 g/mol. The van der Waals surface area contributed by atoms with E-state index in [1.807, 2.05) is 49.4 Å². The number of anilines is 3. The third-order valence-corrected chi connectivity index (χ3v) is 5.44. The number of fused-ring (bicyclic) bond motifs is 1. The molecule has 3 aromatic carbocycles. The van der Waals surface area contributed by atoms with Gasteiger partial charge in [0, 0.05) is 29.2 Å². The van der Waals surface area contributed by atoms with Gasteiger partial charge in [0.05, 0.1) is 12.2 Å². The van der Waals surface area contributed by atoms with E-state index in [2.05, 4.69) is 10.6 Å². The van der Waals surface area contributed by atoms with E-state index in [9.17, 15) is 14.4 Å². The molecule has 0 unspecified atom stereocenters. The monoisotopic (exact) mass is 443 g/mol. The van der Waals surface area contributed by atoms with Crippen molar-refractivity contribution in [3.63, 3.8) is 0 Å². The van der Waals surface area contributed by atoms with E-state index >= 15 is 0 Å². The number of carbonyl (C=O) groups is 3. The zero-order valence-corrected chi connectivity index (χ0v) is 18.6. The first-order valence-electron chi connectivity index (χ1n) is 10.8. The maximum absolute atomic E-state index is 13.0. The minimum atomic E-state index is -0.423. The Kier molecular flexibility index (Phi) is 6.40. The van der Waals surface area contributed by atoms with Gasteiger partial charge in [-0.15, -0.1) is 0 Å². The van der Waals surface area contributed by atoms with Gasteiger partial charge in [-0.2, -0.15) is 0 Å². The number of nitrogens with zero attached hydrogens (tertiary/aromatic N) is 1. The van der Waals surface area contributed by atoms with Crippen LogP contribution in [0.2, 0.25) is 0 Å². The summed E-state index contributed by atoms with van der Waals surface area (Å²) in [6, 6.07) is 19.1. The first kappa shape index (κ1) is 22.1. The topological polar surface area (TPSA) is 87.7 Å². The average Bonchev–Trinajstić information content (AvgIpc) is 3.23. The number of hydrogen-bond acceptors (Lipinski definition) is 4. The lowest BCUT2D eigenvalue weighted by Gasteiger charge is -2.18. The van der Waals surface area contributed by atoms with Crippen LogP contribution in [0.3, 0.4) is 0 Å². The summed E-state index contributed by atoms with van der Waals surface area (Å²) in [7, 11) is 0. The van der Waals surface area contributed by atoms with Crippen LogP contribution in [-0.2, 0) is 11.2 Å². The van der Waals surface area contributed by atoms with Gasteiger partial charge in [-0.25, -0.2) is 9.59 Å². The van der Waals surface area contributed by atoms with Crippen molar-refractivity contribution in [3.8, 4) is 0 Å². The summed E-state index contributed by atoms with van der Waals surface area (Å²) in [5.41, 5.74) is 5.14. The van der Waals surface area contributed by atoms with Crippen LogP contribution in [0.5, 0.6) is 0 Å². The fourth-order valence-corrected chi connectivity index (χ4v) is 3.72. The van der Waals surface area contributed by atoms with Gasteiger partial charge in [0.15, 0.2) is 0 Å². The largest absolute Gasteiger partial charge is 0.462 e. The number of carbonyl (C=O) groups excluding carboxylic acids is 3. The Balaban J connectivity index is 1.43. The van der Waals surface area contributed by atoms with Crippen LogP contribution in [0, 0.1) is 6.92 Å². The first-order valence-corrected chi connectivity index (χ1v) is 10.8. The number of amides is 3. The number of ether oxygens (including phenoxy) is 1. The number of nitrogens with one attached hydrogen (secondary N) is 2. The van der Waals surface area contributed by atoms with E-state index in [-0.39, 0.29) is 5.91 Å². The minimum absolute atomic E-state index is 0.0583. The second kappa shape index (κ2) is 9.56. The van der Waals surface area contributed by atoms with Crippen molar-refractivity contribution in [1.82, 2.24) is 0 Å². The van der Waals surface area contributed by atoms with Crippen molar-refractivity contribution in [3.05, 3.63) is 89.0 Å². The molecule has 33 heavy (non-hydrogen) atoms. The van der Waals surface area contributed by atoms with E-state index in [0.29, 0.717) is 35.7 Å². The lowest BCUT2D eigenvalue weighted by Crippen LogP contribution is -2.29. The molecule has 168 valence electrons. The van der Waals surface area contributed by atoms with Gasteiger partial charge < -0.3 is 20.3 Å². The molecule has 0 spiro atoms. The van der Waals surface area contributed by atoms with Crippen LogP contribution < -0.4 is 15.5 Å². The molecule has 4 rings (SSSR count). The molecule has 7 heteroatoms. The zero-order chi connectivity index (χ0) is 23.4. The Morgan fingerprint density at radius 2 is 1.52 bits per heavy atom.